The number of rotatable bonds is 4. The van der Waals surface area contributed by atoms with Gasteiger partial charge in [-0.15, -0.1) is 0 Å². The topological polar surface area (TPSA) is 29.4 Å². The first kappa shape index (κ1) is 9.38. The molecule has 58 valence electrons. The van der Waals surface area contributed by atoms with E-state index in [1.165, 1.54) is 0 Å². The van der Waals surface area contributed by atoms with Gasteiger partial charge in [-0.1, -0.05) is 26.7 Å². The molecular formula is C8H15NO. The monoisotopic (exact) mass is 141 g/mol. The molecule has 10 heavy (non-hydrogen) atoms. The van der Waals surface area contributed by atoms with E-state index in [-0.39, 0.29) is 6.04 Å². The molecule has 0 aliphatic heterocycles. The molecule has 0 radical (unpaired) electrons. The van der Waals surface area contributed by atoms with Crippen molar-refractivity contribution in [1.82, 2.24) is 0 Å². The third kappa shape index (κ3) is 2.79. The predicted octanol–water partition coefficient (Wildman–Crippen LogP) is 2.15. The van der Waals surface area contributed by atoms with Gasteiger partial charge < -0.3 is 0 Å². The summed E-state index contributed by atoms with van der Waals surface area (Å²) in [6.45, 7) is 6.19. The van der Waals surface area contributed by atoms with Crippen LogP contribution in [0, 0.1) is 5.92 Å². The van der Waals surface area contributed by atoms with Gasteiger partial charge in [-0.2, -0.15) is 0 Å². The van der Waals surface area contributed by atoms with Gasteiger partial charge in [0.05, 0.1) is 6.04 Å². The van der Waals surface area contributed by atoms with Crippen LogP contribution in [0.1, 0.15) is 33.6 Å². The lowest BCUT2D eigenvalue weighted by Crippen LogP contribution is -2.12. The van der Waals surface area contributed by atoms with Crippen LogP contribution < -0.4 is 0 Å². The summed E-state index contributed by atoms with van der Waals surface area (Å²) in [6, 6.07) is 0.146. The van der Waals surface area contributed by atoms with Crippen molar-refractivity contribution in [3.63, 3.8) is 0 Å². The van der Waals surface area contributed by atoms with Gasteiger partial charge in [0.2, 0.25) is 6.08 Å². The van der Waals surface area contributed by atoms with E-state index in [0.717, 1.165) is 12.8 Å². The van der Waals surface area contributed by atoms with E-state index in [4.69, 9.17) is 0 Å². The van der Waals surface area contributed by atoms with E-state index in [9.17, 15) is 4.79 Å². The summed E-state index contributed by atoms with van der Waals surface area (Å²) in [4.78, 5) is 13.5. The van der Waals surface area contributed by atoms with E-state index in [0.29, 0.717) is 5.92 Å². The molecule has 0 N–H and O–H groups in total. The second-order valence-electron chi connectivity index (χ2n) is 2.54. The Balaban J connectivity index is 3.87. The molecule has 0 saturated heterocycles. The first-order chi connectivity index (χ1) is 4.76. The molecule has 2 nitrogen and oxygen atoms in total. The highest BCUT2D eigenvalue weighted by Crippen LogP contribution is 2.14. The maximum Gasteiger partial charge on any atom is 0.235 e. The van der Waals surface area contributed by atoms with Crippen LogP contribution in [0.4, 0.5) is 0 Å². The van der Waals surface area contributed by atoms with Crippen LogP contribution in [0.2, 0.25) is 0 Å². The molecule has 0 fully saturated rings. The normalized spacial score (nSPS) is 12.8. The molecule has 0 aliphatic rings. The zero-order chi connectivity index (χ0) is 7.98. The van der Waals surface area contributed by atoms with Crippen molar-refractivity contribution in [2.45, 2.75) is 39.7 Å². The molecule has 0 rings (SSSR count). The van der Waals surface area contributed by atoms with Crippen molar-refractivity contribution >= 4 is 6.08 Å². The molecule has 0 bridgehead atoms. The van der Waals surface area contributed by atoms with E-state index in [1.807, 2.05) is 6.92 Å². The molecule has 0 saturated carbocycles. The van der Waals surface area contributed by atoms with Gasteiger partial charge in [-0.05, 0) is 12.8 Å². The van der Waals surface area contributed by atoms with Gasteiger partial charge in [0.25, 0.3) is 0 Å². The number of carbonyl (C=O) groups excluding carboxylic acids is 1. The summed E-state index contributed by atoms with van der Waals surface area (Å²) in [5.74, 6) is 0.543. The van der Waals surface area contributed by atoms with Crippen molar-refractivity contribution < 1.29 is 4.79 Å². The lowest BCUT2D eigenvalue weighted by Gasteiger charge is -2.14. The number of aliphatic imine (C=N–C) groups is 1. The second kappa shape index (κ2) is 5.19. The van der Waals surface area contributed by atoms with E-state index < -0.39 is 0 Å². The summed E-state index contributed by atoms with van der Waals surface area (Å²) >= 11 is 0. The quantitative estimate of drug-likeness (QED) is 0.435. The van der Waals surface area contributed by atoms with Crippen LogP contribution in [-0.4, -0.2) is 12.1 Å². The van der Waals surface area contributed by atoms with Crippen molar-refractivity contribution in [2.75, 3.05) is 0 Å². The smallest absolute Gasteiger partial charge is 0.211 e. The SMILES string of the molecule is CCC(CC)[C@@H](C)N=C=O. The number of hydrogen-bond acceptors (Lipinski definition) is 2. The minimum atomic E-state index is 0.146. The van der Waals surface area contributed by atoms with Gasteiger partial charge in [0.1, 0.15) is 0 Å². The van der Waals surface area contributed by atoms with Crippen LogP contribution in [0.3, 0.4) is 0 Å². The van der Waals surface area contributed by atoms with Crippen molar-refractivity contribution in [3.8, 4) is 0 Å². The van der Waals surface area contributed by atoms with E-state index >= 15 is 0 Å². The Hall–Kier alpha value is -0.620. The van der Waals surface area contributed by atoms with Crippen molar-refractivity contribution in [3.05, 3.63) is 0 Å². The number of hydrogen-bond donors (Lipinski definition) is 0. The molecule has 0 aromatic carbocycles. The van der Waals surface area contributed by atoms with Crippen LogP contribution >= 0.6 is 0 Å². The Labute approximate surface area is 62.4 Å². The number of nitrogens with zero attached hydrogens (tertiary/aromatic N) is 1. The fourth-order valence-corrected chi connectivity index (χ4v) is 1.16. The van der Waals surface area contributed by atoms with Crippen molar-refractivity contribution in [2.24, 2.45) is 10.9 Å². The molecule has 0 aliphatic carbocycles. The first-order valence-corrected chi connectivity index (χ1v) is 3.83. The zero-order valence-electron chi connectivity index (χ0n) is 6.92. The van der Waals surface area contributed by atoms with Crippen LogP contribution in [-0.2, 0) is 4.79 Å². The van der Waals surface area contributed by atoms with Crippen molar-refractivity contribution in [1.29, 1.82) is 0 Å². The second-order valence-corrected chi connectivity index (χ2v) is 2.54. The Morgan fingerprint density at radius 3 is 2.20 bits per heavy atom. The third-order valence-corrected chi connectivity index (χ3v) is 1.99. The molecule has 0 aromatic rings. The maximum absolute atomic E-state index is 9.86. The van der Waals surface area contributed by atoms with E-state index in [1.54, 1.807) is 6.08 Å². The molecule has 0 amide bonds. The lowest BCUT2D eigenvalue weighted by atomic mass is 9.96. The summed E-state index contributed by atoms with van der Waals surface area (Å²) < 4.78 is 0. The average Bonchev–Trinajstić information content (AvgIpc) is 1.91. The van der Waals surface area contributed by atoms with Crippen LogP contribution in [0.15, 0.2) is 4.99 Å². The average molecular weight is 141 g/mol. The highest BCUT2D eigenvalue weighted by molar-refractivity contribution is 5.33. The third-order valence-electron chi connectivity index (χ3n) is 1.99. The Morgan fingerprint density at radius 1 is 1.40 bits per heavy atom. The minimum Gasteiger partial charge on any atom is -0.211 e. The lowest BCUT2D eigenvalue weighted by molar-refractivity contribution is 0.416. The molecule has 2 heteroatoms. The highest BCUT2D eigenvalue weighted by Gasteiger charge is 2.10. The fourth-order valence-electron chi connectivity index (χ4n) is 1.16. The zero-order valence-corrected chi connectivity index (χ0v) is 6.92. The van der Waals surface area contributed by atoms with E-state index in [2.05, 4.69) is 18.8 Å². The first-order valence-electron chi connectivity index (χ1n) is 3.83. The molecule has 0 heterocycles. The Morgan fingerprint density at radius 2 is 1.90 bits per heavy atom. The highest BCUT2D eigenvalue weighted by atomic mass is 16.1. The molecule has 0 unspecified atom stereocenters. The Kier molecular flexibility index (Phi) is 4.87. The van der Waals surface area contributed by atoms with Gasteiger partial charge in [-0.25, -0.2) is 9.79 Å². The summed E-state index contributed by atoms with van der Waals surface area (Å²) in [5, 5.41) is 0. The molecule has 1 atom stereocenters. The fraction of sp³-hybridized carbons (Fsp3) is 0.875. The van der Waals surface area contributed by atoms with Gasteiger partial charge in [-0.3, -0.25) is 0 Å². The minimum absolute atomic E-state index is 0.146. The van der Waals surface area contributed by atoms with Gasteiger partial charge >= 0.3 is 0 Å². The van der Waals surface area contributed by atoms with Crippen LogP contribution in [0.25, 0.3) is 0 Å². The Bertz CT molecular complexity index is 123. The summed E-state index contributed by atoms with van der Waals surface area (Å²) in [6.07, 6.45) is 3.76. The summed E-state index contributed by atoms with van der Waals surface area (Å²) in [7, 11) is 0. The molecule has 0 spiro atoms. The summed E-state index contributed by atoms with van der Waals surface area (Å²) in [5.41, 5.74) is 0. The van der Waals surface area contributed by atoms with Gasteiger partial charge in [0, 0.05) is 0 Å². The van der Waals surface area contributed by atoms with Gasteiger partial charge in [0.15, 0.2) is 0 Å². The standard InChI is InChI=1S/C8H15NO/c1-4-8(5-2)7(3)9-6-10/h7-8H,4-5H2,1-3H3/t7-/m1/s1. The largest absolute Gasteiger partial charge is 0.235 e. The number of isocyanates is 1. The predicted molar refractivity (Wildman–Crippen MR) is 41.7 cm³/mol. The maximum atomic E-state index is 9.86. The molecule has 0 aromatic heterocycles. The van der Waals surface area contributed by atoms with Crippen LogP contribution in [0.5, 0.6) is 0 Å². The molecular weight excluding hydrogens is 126 g/mol.